The van der Waals surface area contributed by atoms with Crippen LogP contribution >= 0.6 is 11.8 Å². The minimum atomic E-state index is 0.343. The summed E-state index contributed by atoms with van der Waals surface area (Å²) in [5.74, 6) is 3.00. The Kier molecular flexibility index (Phi) is 5.86. The molecule has 1 aromatic carbocycles. The van der Waals surface area contributed by atoms with Gasteiger partial charge in [-0.1, -0.05) is 12.5 Å². The molecule has 1 heterocycles. The average molecular weight is 281 g/mol. The number of unbranched alkanes of at least 4 members (excludes halogenated alkanes) is 2. The third kappa shape index (κ3) is 4.32. The molecule has 1 aliphatic rings. The molecule has 1 unspecified atom stereocenters. The molecule has 1 aliphatic heterocycles. The predicted octanol–water partition coefficient (Wildman–Crippen LogP) is 3.60. The van der Waals surface area contributed by atoms with E-state index in [0.717, 1.165) is 18.0 Å². The molecule has 106 valence electrons. The van der Waals surface area contributed by atoms with Gasteiger partial charge in [0.25, 0.3) is 0 Å². The zero-order valence-corrected chi connectivity index (χ0v) is 12.6. The number of benzene rings is 1. The van der Waals surface area contributed by atoms with Gasteiger partial charge >= 0.3 is 0 Å². The standard InChI is InChI=1S/C15H23NO2S/c1-12(16-8-4-3-5-9-19-2)13-6-7-14-15(10-13)18-11-17-14/h6-7,10,12,16H,3-5,8-9,11H2,1-2H3. The van der Waals surface area contributed by atoms with Gasteiger partial charge in [-0.15, -0.1) is 0 Å². The first-order chi connectivity index (χ1) is 9.31. The molecule has 19 heavy (non-hydrogen) atoms. The van der Waals surface area contributed by atoms with Crippen molar-refractivity contribution in [3.8, 4) is 11.5 Å². The van der Waals surface area contributed by atoms with Gasteiger partial charge in [-0.3, -0.25) is 0 Å². The first kappa shape index (κ1) is 14.5. The SMILES string of the molecule is CSCCCCCNC(C)c1ccc2c(c1)OCO2. The highest BCUT2D eigenvalue weighted by Gasteiger charge is 2.15. The number of hydrogen-bond donors (Lipinski definition) is 1. The molecule has 2 rings (SSSR count). The van der Waals surface area contributed by atoms with Gasteiger partial charge in [-0.25, -0.2) is 0 Å². The van der Waals surface area contributed by atoms with E-state index in [-0.39, 0.29) is 0 Å². The summed E-state index contributed by atoms with van der Waals surface area (Å²) in [6.45, 7) is 3.61. The van der Waals surface area contributed by atoms with Crippen molar-refractivity contribution in [1.29, 1.82) is 0 Å². The smallest absolute Gasteiger partial charge is 0.231 e. The van der Waals surface area contributed by atoms with Gasteiger partial charge in [0.05, 0.1) is 0 Å². The van der Waals surface area contributed by atoms with E-state index in [4.69, 9.17) is 9.47 Å². The van der Waals surface area contributed by atoms with E-state index in [1.54, 1.807) is 0 Å². The fourth-order valence-corrected chi connectivity index (χ4v) is 2.66. The molecule has 1 aromatic rings. The molecule has 1 N–H and O–H groups in total. The van der Waals surface area contributed by atoms with Crippen LogP contribution in [0.4, 0.5) is 0 Å². The molecule has 0 spiro atoms. The van der Waals surface area contributed by atoms with Crippen molar-refractivity contribution in [2.45, 2.75) is 32.2 Å². The van der Waals surface area contributed by atoms with E-state index in [0.29, 0.717) is 12.8 Å². The van der Waals surface area contributed by atoms with Gasteiger partial charge in [0.15, 0.2) is 11.5 Å². The van der Waals surface area contributed by atoms with Crippen molar-refractivity contribution in [2.24, 2.45) is 0 Å². The zero-order valence-electron chi connectivity index (χ0n) is 11.8. The Labute approximate surface area is 120 Å². The lowest BCUT2D eigenvalue weighted by molar-refractivity contribution is 0.174. The summed E-state index contributed by atoms with van der Waals surface area (Å²) in [4.78, 5) is 0. The van der Waals surface area contributed by atoms with Crippen LogP contribution in [-0.4, -0.2) is 25.3 Å². The Bertz CT molecular complexity index is 398. The highest BCUT2D eigenvalue weighted by Crippen LogP contribution is 2.34. The summed E-state index contributed by atoms with van der Waals surface area (Å²) in [6.07, 6.45) is 6.04. The molecule has 3 nitrogen and oxygen atoms in total. The summed E-state index contributed by atoms with van der Waals surface area (Å²) in [7, 11) is 0. The van der Waals surface area contributed by atoms with E-state index >= 15 is 0 Å². The molecule has 0 fully saturated rings. The fraction of sp³-hybridized carbons (Fsp3) is 0.600. The van der Waals surface area contributed by atoms with Gasteiger partial charge in [0.2, 0.25) is 6.79 Å². The second-order valence-corrected chi connectivity index (χ2v) is 5.83. The van der Waals surface area contributed by atoms with E-state index in [1.165, 1.54) is 30.6 Å². The minimum absolute atomic E-state index is 0.343. The summed E-state index contributed by atoms with van der Waals surface area (Å²) in [5, 5.41) is 3.56. The lowest BCUT2D eigenvalue weighted by Gasteiger charge is -2.14. The Morgan fingerprint density at radius 2 is 2.05 bits per heavy atom. The van der Waals surface area contributed by atoms with E-state index in [9.17, 15) is 0 Å². The maximum Gasteiger partial charge on any atom is 0.231 e. The fourth-order valence-electron chi connectivity index (χ4n) is 2.17. The average Bonchev–Trinajstić information content (AvgIpc) is 2.89. The summed E-state index contributed by atoms with van der Waals surface area (Å²) >= 11 is 1.93. The normalized spacial score (nSPS) is 14.6. The van der Waals surface area contributed by atoms with Crippen molar-refractivity contribution < 1.29 is 9.47 Å². The van der Waals surface area contributed by atoms with Crippen LogP contribution in [0.5, 0.6) is 11.5 Å². The monoisotopic (exact) mass is 281 g/mol. The molecule has 0 bridgehead atoms. The number of thioether (sulfide) groups is 1. The molecule has 4 heteroatoms. The molecule has 0 saturated carbocycles. The van der Waals surface area contributed by atoms with Crippen LogP contribution in [0.25, 0.3) is 0 Å². The summed E-state index contributed by atoms with van der Waals surface area (Å²) in [6, 6.07) is 6.54. The number of rotatable bonds is 8. The predicted molar refractivity (Wildman–Crippen MR) is 81.2 cm³/mol. The topological polar surface area (TPSA) is 30.5 Å². The Hall–Kier alpha value is -0.870. The third-order valence-corrected chi connectivity index (χ3v) is 4.07. The van der Waals surface area contributed by atoms with Gasteiger partial charge in [-0.2, -0.15) is 11.8 Å². The van der Waals surface area contributed by atoms with Crippen molar-refractivity contribution in [2.75, 3.05) is 25.3 Å². The van der Waals surface area contributed by atoms with E-state index in [1.807, 2.05) is 17.8 Å². The van der Waals surface area contributed by atoms with Crippen molar-refractivity contribution in [1.82, 2.24) is 5.32 Å². The highest BCUT2D eigenvalue weighted by atomic mass is 32.2. The maximum atomic E-state index is 5.41. The second kappa shape index (κ2) is 7.65. The van der Waals surface area contributed by atoms with E-state index < -0.39 is 0 Å². The van der Waals surface area contributed by atoms with Crippen LogP contribution < -0.4 is 14.8 Å². The molecule has 0 saturated heterocycles. The number of fused-ring (bicyclic) bond motifs is 1. The van der Waals surface area contributed by atoms with Crippen molar-refractivity contribution in [3.63, 3.8) is 0 Å². The number of nitrogens with one attached hydrogen (secondary N) is 1. The Morgan fingerprint density at radius 1 is 1.21 bits per heavy atom. The minimum Gasteiger partial charge on any atom is -0.454 e. The first-order valence-electron chi connectivity index (χ1n) is 6.93. The summed E-state index contributed by atoms with van der Waals surface area (Å²) < 4.78 is 10.7. The molecule has 0 aliphatic carbocycles. The van der Waals surface area contributed by atoms with Crippen LogP contribution in [-0.2, 0) is 0 Å². The quantitative estimate of drug-likeness (QED) is 0.738. The number of ether oxygens (including phenoxy) is 2. The third-order valence-electron chi connectivity index (χ3n) is 3.37. The van der Waals surface area contributed by atoms with Gasteiger partial charge in [0.1, 0.15) is 0 Å². The molecular weight excluding hydrogens is 258 g/mol. The molecular formula is C15H23NO2S. The van der Waals surface area contributed by atoms with Crippen molar-refractivity contribution in [3.05, 3.63) is 23.8 Å². The molecule has 0 radical (unpaired) electrons. The lowest BCUT2D eigenvalue weighted by Crippen LogP contribution is -2.19. The van der Waals surface area contributed by atoms with Crippen LogP contribution in [0.2, 0.25) is 0 Å². The molecule has 1 atom stereocenters. The van der Waals surface area contributed by atoms with Crippen LogP contribution in [0, 0.1) is 0 Å². The van der Waals surface area contributed by atoms with Crippen LogP contribution in [0.3, 0.4) is 0 Å². The van der Waals surface area contributed by atoms with Gasteiger partial charge < -0.3 is 14.8 Å². The molecule has 0 aromatic heterocycles. The van der Waals surface area contributed by atoms with Crippen LogP contribution in [0.15, 0.2) is 18.2 Å². The lowest BCUT2D eigenvalue weighted by atomic mass is 10.1. The largest absolute Gasteiger partial charge is 0.454 e. The Balaban J connectivity index is 1.72. The summed E-state index contributed by atoms with van der Waals surface area (Å²) in [5.41, 5.74) is 1.26. The van der Waals surface area contributed by atoms with Crippen LogP contribution in [0.1, 0.15) is 37.8 Å². The second-order valence-electron chi connectivity index (χ2n) is 4.84. The zero-order chi connectivity index (χ0) is 13.5. The first-order valence-corrected chi connectivity index (χ1v) is 8.32. The number of hydrogen-bond acceptors (Lipinski definition) is 4. The van der Waals surface area contributed by atoms with Gasteiger partial charge in [0, 0.05) is 6.04 Å². The Morgan fingerprint density at radius 3 is 2.89 bits per heavy atom. The van der Waals surface area contributed by atoms with E-state index in [2.05, 4.69) is 30.6 Å². The van der Waals surface area contributed by atoms with Crippen molar-refractivity contribution >= 4 is 11.8 Å². The highest BCUT2D eigenvalue weighted by molar-refractivity contribution is 7.98. The molecule has 0 amide bonds. The maximum absolute atomic E-state index is 5.41. The van der Waals surface area contributed by atoms with Gasteiger partial charge in [-0.05, 0) is 56.0 Å².